The Morgan fingerprint density at radius 2 is 1.52 bits per heavy atom. The van der Waals surface area contributed by atoms with E-state index in [9.17, 15) is 29.4 Å². The number of aromatic hydroxyl groups is 1. The van der Waals surface area contributed by atoms with Crippen LogP contribution >= 0.6 is 0 Å². The van der Waals surface area contributed by atoms with E-state index < -0.39 is 47.9 Å². The van der Waals surface area contributed by atoms with Crippen LogP contribution in [-0.2, 0) is 38.4 Å². The lowest BCUT2D eigenvalue weighted by atomic mass is 10.0. The second-order valence-corrected chi connectivity index (χ2v) is 11.3. The van der Waals surface area contributed by atoms with Crippen LogP contribution in [0.3, 0.4) is 0 Å². The number of phenols is 1. The predicted molar refractivity (Wildman–Crippen MR) is 177 cm³/mol. The number of aromatic nitrogens is 3. The van der Waals surface area contributed by atoms with Crippen molar-refractivity contribution in [3.63, 3.8) is 0 Å². The van der Waals surface area contributed by atoms with E-state index in [1.54, 1.807) is 18.3 Å². The van der Waals surface area contributed by atoms with Gasteiger partial charge in [-0.3, -0.25) is 19.4 Å². The molecule has 16 heteroatoms. The lowest BCUT2D eigenvalue weighted by molar-refractivity contribution is -0.142. The molecule has 0 fully saturated rings. The molecule has 0 saturated carbocycles. The lowest BCUT2D eigenvalue weighted by Crippen LogP contribution is -2.58. The fourth-order valence-corrected chi connectivity index (χ4v) is 5.12. The number of carboxylic acid groups (broad SMARTS) is 1. The van der Waals surface area contributed by atoms with Crippen molar-refractivity contribution in [3.8, 4) is 5.75 Å². The summed E-state index contributed by atoms with van der Waals surface area (Å²) in [5.41, 5.74) is 19.6. The number of phenolic OH excluding ortho intramolecular Hbond substituents is 1. The molecule has 0 bridgehead atoms. The lowest BCUT2D eigenvalue weighted by Gasteiger charge is -2.25. The number of benzene rings is 2. The fourth-order valence-electron chi connectivity index (χ4n) is 5.12. The number of nitrogens with two attached hydrogens (primary N) is 3. The molecule has 4 aromatic rings. The van der Waals surface area contributed by atoms with Crippen LogP contribution in [0, 0.1) is 0 Å². The standard InChI is InChI=1S/C32H40N10O6/c33-23(14-20-16-36-17-39-20)28(44)41-26(12-18-7-9-21(43)10-8-18)29(45)42-27(13-19-15-38-24-5-2-1-4-22(19)24)30(46)40-25(31(47)48)6-3-11-37-32(34)35/h1-2,4-5,7-10,15-17,23,25-27,38,43H,3,6,11-14,33H2,(H,36,39)(H,40,46)(H,41,44)(H,42,45)(H,47,48)(H4,34,35,37). The molecule has 0 saturated heterocycles. The number of nitrogens with one attached hydrogen (secondary N) is 5. The van der Waals surface area contributed by atoms with Gasteiger partial charge in [0.1, 0.15) is 23.9 Å². The molecule has 4 rings (SSSR count). The third kappa shape index (κ3) is 10.1. The molecule has 0 radical (unpaired) electrons. The van der Waals surface area contributed by atoms with Crippen LogP contribution < -0.4 is 33.2 Å². The summed E-state index contributed by atoms with van der Waals surface area (Å²) in [7, 11) is 0. The van der Waals surface area contributed by atoms with E-state index >= 15 is 0 Å². The number of rotatable bonds is 17. The van der Waals surface area contributed by atoms with E-state index in [-0.39, 0.29) is 50.4 Å². The summed E-state index contributed by atoms with van der Waals surface area (Å²) in [4.78, 5) is 66.6. The van der Waals surface area contributed by atoms with E-state index in [1.807, 2.05) is 24.3 Å². The van der Waals surface area contributed by atoms with E-state index in [0.717, 1.165) is 10.9 Å². The molecule has 0 aliphatic rings. The predicted octanol–water partition coefficient (Wildman–Crippen LogP) is -0.456. The minimum absolute atomic E-state index is 0.00113. The first-order chi connectivity index (χ1) is 23.0. The van der Waals surface area contributed by atoms with Crippen LogP contribution in [0.25, 0.3) is 10.9 Å². The molecule has 254 valence electrons. The van der Waals surface area contributed by atoms with Crippen LogP contribution in [0.2, 0.25) is 0 Å². The molecular weight excluding hydrogens is 620 g/mol. The highest BCUT2D eigenvalue weighted by Gasteiger charge is 2.31. The molecule has 13 N–H and O–H groups in total. The molecule has 2 aromatic carbocycles. The van der Waals surface area contributed by atoms with Crippen LogP contribution in [0.15, 0.2) is 72.2 Å². The normalized spacial score (nSPS) is 13.5. The number of nitrogens with zero attached hydrogens (tertiary/aromatic N) is 2. The number of hydrogen-bond donors (Lipinski definition) is 10. The minimum atomic E-state index is -1.29. The number of H-pyrrole nitrogens is 2. The molecule has 2 heterocycles. The summed E-state index contributed by atoms with van der Waals surface area (Å²) < 4.78 is 0. The number of aliphatic imine (C=N–C) groups is 1. The second kappa shape index (κ2) is 16.6. The third-order valence-electron chi connectivity index (χ3n) is 7.63. The van der Waals surface area contributed by atoms with Crippen LogP contribution in [0.4, 0.5) is 0 Å². The average molecular weight is 661 g/mol. The van der Waals surface area contributed by atoms with E-state index in [2.05, 4.69) is 35.9 Å². The summed E-state index contributed by atoms with van der Waals surface area (Å²) in [6.45, 7) is 0.165. The van der Waals surface area contributed by atoms with Crippen LogP contribution in [0.5, 0.6) is 5.75 Å². The number of para-hydroxylation sites is 1. The SMILES string of the molecule is NC(N)=NCCCC(NC(=O)C(Cc1c[nH]c2ccccc12)NC(=O)C(Cc1ccc(O)cc1)NC(=O)C(N)Cc1cnc[nH]1)C(=O)O. The van der Waals surface area contributed by atoms with Crippen molar-refractivity contribution in [2.24, 2.45) is 22.2 Å². The molecule has 0 aliphatic heterocycles. The largest absolute Gasteiger partial charge is 0.508 e. The summed E-state index contributed by atoms with van der Waals surface area (Å²) in [5, 5.41) is 28.3. The van der Waals surface area contributed by atoms with Gasteiger partial charge >= 0.3 is 5.97 Å². The van der Waals surface area contributed by atoms with Crippen molar-refractivity contribution in [2.75, 3.05) is 6.54 Å². The minimum Gasteiger partial charge on any atom is -0.508 e. The van der Waals surface area contributed by atoms with Gasteiger partial charge in [0.15, 0.2) is 5.96 Å². The fraction of sp³-hybridized carbons (Fsp3) is 0.312. The van der Waals surface area contributed by atoms with Gasteiger partial charge in [-0.2, -0.15) is 0 Å². The molecule has 48 heavy (non-hydrogen) atoms. The van der Waals surface area contributed by atoms with Gasteiger partial charge in [-0.25, -0.2) is 9.78 Å². The second-order valence-electron chi connectivity index (χ2n) is 11.3. The van der Waals surface area contributed by atoms with E-state index in [1.165, 1.54) is 24.7 Å². The Morgan fingerprint density at radius 1 is 0.854 bits per heavy atom. The molecule has 3 amide bonds. The number of aliphatic carboxylic acids is 1. The molecule has 4 atom stereocenters. The third-order valence-corrected chi connectivity index (χ3v) is 7.63. The number of imidazole rings is 1. The van der Waals surface area contributed by atoms with Gasteiger partial charge in [-0.1, -0.05) is 30.3 Å². The highest BCUT2D eigenvalue weighted by atomic mass is 16.4. The zero-order chi connectivity index (χ0) is 34.6. The maximum Gasteiger partial charge on any atom is 0.326 e. The summed E-state index contributed by atoms with van der Waals surface area (Å²) >= 11 is 0. The Balaban J connectivity index is 1.57. The smallest absolute Gasteiger partial charge is 0.326 e. The number of aromatic amines is 2. The molecule has 4 unspecified atom stereocenters. The number of carboxylic acids is 1. The number of carbonyl (C=O) groups is 4. The van der Waals surface area contributed by atoms with Gasteiger partial charge in [0, 0.05) is 54.8 Å². The Bertz CT molecular complexity index is 1720. The molecular formula is C32H40N10O6. The first-order valence-corrected chi connectivity index (χ1v) is 15.2. The quantitative estimate of drug-likeness (QED) is 0.0395. The van der Waals surface area contributed by atoms with Crippen molar-refractivity contribution in [1.82, 2.24) is 30.9 Å². The zero-order valence-corrected chi connectivity index (χ0v) is 26.1. The van der Waals surface area contributed by atoms with Crippen molar-refractivity contribution >= 4 is 40.6 Å². The molecule has 16 nitrogen and oxygen atoms in total. The topological polar surface area (TPSA) is 280 Å². The van der Waals surface area contributed by atoms with E-state index in [4.69, 9.17) is 17.2 Å². The zero-order valence-electron chi connectivity index (χ0n) is 26.1. The molecule has 2 aromatic heterocycles. The van der Waals surface area contributed by atoms with Crippen LogP contribution in [-0.4, -0.2) is 85.5 Å². The Hall–Kier alpha value is -5.90. The summed E-state index contributed by atoms with van der Waals surface area (Å²) in [6.07, 6.45) is 5.13. The maximum absolute atomic E-state index is 13.9. The average Bonchev–Trinajstić information content (AvgIpc) is 3.72. The number of fused-ring (bicyclic) bond motifs is 1. The van der Waals surface area contributed by atoms with Crippen molar-refractivity contribution < 1.29 is 29.4 Å². The van der Waals surface area contributed by atoms with Gasteiger partial charge in [0.2, 0.25) is 17.7 Å². The highest BCUT2D eigenvalue weighted by molar-refractivity contribution is 5.95. The Kier molecular flexibility index (Phi) is 12.1. The first-order valence-electron chi connectivity index (χ1n) is 15.2. The Morgan fingerprint density at radius 3 is 2.19 bits per heavy atom. The van der Waals surface area contributed by atoms with Crippen LogP contribution in [0.1, 0.15) is 29.7 Å². The Labute approximate surface area is 275 Å². The molecule has 0 aliphatic carbocycles. The number of guanidine groups is 1. The number of carbonyl (C=O) groups excluding carboxylic acids is 3. The number of hydrogen-bond acceptors (Lipinski definition) is 8. The van der Waals surface area contributed by atoms with Gasteiger partial charge in [-0.15, -0.1) is 0 Å². The molecule has 0 spiro atoms. The van der Waals surface area contributed by atoms with Crippen molar-refractivity contribution in [1.29, 1.82) is 0 Å². The van der Waals surface area contributed by atoms with E-state index in [0.29, 0.717) is 16.8 Å². The van der Waals surface area contributed by atoms with Crippen molar-refractivity contribution in [2.45, 2.75) is 56.3 Å². The summed E-state index contributed by atoms with van der Waals surface area (Å²) in [5.74, 6) is -3.45. The number of amides is 3. The van der Waals surface area contributed by atoms with Gasteiger partial charge in [-0.05, 0) is 42.2 Å². The summed E-state index contributed by atoms with van der Waals surface area (Å²) in [6, 6.07) is 8.74. The van der Waals surface area contributed by atoms with Gasteiger partial charge < -0.3 is 53.3 Å². The van der Waals surface area contributed by atoms with Gasteiger partial charge in [0.05, 0.1) is 12.4 Å². The highest BCUT2D eigenvalue weighted by Crippen LogP contribution is 2.20. The van der Waals surface area contributed by atoms with Gasteiger partial charge in [0.25, 0.3) is 0 Å². The monoisotopic (exact) mass is 660 g/mol. The first kappa shape index (κ1) is 35.0. The maximum atomic E-state index is 13.9. The van der Waals surface area contributed by atoms with Crippen molar-refractivity contribution in [3.05, 3.63) is 84.1 Å².